The molecule has 4 rings (SSSR count). The monoisotopic (exact) mass is 413 g/mol. The van der Waals surface area contributed by atoms with Crippen LogP contribution < -0.4 is 10.9 Å². The second-order valence-corrected chi connectivity index (χ2v) is 7.13. The number of halogens is 1. The van der Waals surface area contributed by atoms with E-state index >= 15 is 0 Å². The Labute approximate surface area is 157 Å². The highest BCUT2D eigenvalue weighted by atomic mass is 79.9. The molecule has 2 N–H and O–H groups in total. The summed E-state index contributed by atoms with van der Waals surface area (Å²) in [4.78, 5) is 32.1. The van der Waals surface area contributed by atoms with Gasteiger partial charge in [0.25, 0.3) is 11.5 Å². The fourth-order valence-electron chi connectivity index (χ4n) is 3.07. The molecule has 26 heavy (non-hydrogen) atoms. The van der Waals surface area contributed by atoms with Crippen molar-refractivity contribution in [3.8, 4) is 5.95 Å². The number of fused-ring (bicyclic) bond motifs is 1. The van der Waals surface area contributed by atoms with Gasteiger partial charge in [-0.3, -0.25) is 14.6 Å². The number of carbonyl (C=O) groups is 1. The van der Waals surface area contributed by atoms with Gasteiger partial charge in [-0.15, -0.1) is 0 Å². The van der Waals surface area contributed by atoms with Crippen LogP contribution in [-0.2, 0) is 12.8 Å². The highest BCUT2D eigenvalue weighted by Crippen LogP contribution is 2.20. The number of rotatable bonds is 3. The van der Waals surface area contributed by atoms with Crippen molar-refractivity contribution in [3.63, 3.8) is 0 Å². The van der Waals surface area contributed by atoms with Crippen LogP contribution >= 0.6 is 15.9 Å². The zero-order valence-electron chi connectivity index (χ0n) is 14.0. The number of amides is 1. The Morgan fingerprint density at radius 1 is 1.27 bits per heavy atom. The van der Waals surface area contributed by atoms with E-state index in [0.717, 1.165) is 35.0 Å². The van der Waals surface area contributed by atoms with E-state index < -0.39 is 0 Å². The molecule has 3 aromatic rings. The number of nitrogens with one attached hydrogen (secondary N) is 2. The zero-order chi connectivity index (χ0) is 18.3. The molecule has 1 amide bonds. The summed E-state index contributed by atoms with van der Waals surface area (Å²) in [5.41, 5.74) is 2.65. The minimum Gasteiger partial charge on any atom is -0.306 e. The summed E-state index contributed by atoms with van der Waals surface area (Å²) in [6.07, 6.45) is 2.47. The lowest BCUT2D eigenvalue weighted by Crippen LogP contribution is -2.21. The van der Waals surface area contributed by atoms with Gasteiger partial charge in [-0.25, -0.2) is 4.98 Å². The van der Waals surface area contributed by atoms with Crippen molar-refractivity contribution in [1.29, 1.82) is 0 Å². The van der Waals surface area contributed by atoms with E-state index in [1.54, 1.807) is 30.3 Å². The van der Waals surface area contributed by atoms with Crippen LogP contribution in [0.25, 0.3) is 5.95 Å². The van der Waals surface area contributed by atoms with Gasteiger partial charge < -0.3 is 5.32 Å². The normalized spacial score (nSPS) is 12.8. The maximum atomic E-state index is 12.5. The number of aromatic nitrogens is 4. The Morgan fingerprint density at radius 2 is 2.04 bits per heavy atom. The minimum atomic E-state index is -0.262. The van der Waals surface area contributed by atoms with E-state index in [1.807, 2.05) is 6.92 Å². The summed E-state index contributed by atoms with van der Waals surface area (Å²) in [5, 5.41) is 7.21. The van der Waals surface area contributed by atoms with Crippen LogP contribution in [0.3, 0.4) is 0 Å². The Hall–Kier alpha value is -2.74. The number of benzene rings is 1. The number of aromatic amines is 1. The first-order chi connectivity index (χ1) is 12.5. The topological polar surface area (TPSA) is 92.7 Å². The third-order valence-electron chi connectivity index (χ3n) is 4.31. The quantitative estimate of drug-likeness (QED) is 0.690. The molecule has 0 radical (unpaired) electrons. The van der Waals surface area contributed by atoms with Gasteiger partial charge in [0.2, 0.25) is 5.95 Å². The second kappa shape index (κ2) is 6.53. The Balaban J connectivity index is 1.69. The molecule has 0 spiro atoms. The predicted molar refractivity (Wildman–Crippen MR) is 101 cm³/mol. The molecule has 1 aliphatic rings. The van der Waals surface area contributed by atoms with Gasteiger partial charge in [0.15, 0.2) is 0 Å². The van der Waals surface area contributed by atoms with Gasteiger partial charge >= 0.3 is 0 Å². The third-order valence-corrected chi connectivity index (χ3v) is 4.84. The van der Waals surface area contributed by atoms with E-state index in [4.69, 9.17) is 0 Å². The van der Waals surface area contributed by atoms with E-state index in [1.165, 1.54) is 4.68 Å². The van der Waals surface area contributed by atoms with Gasteiger partial charge in [-0.2, -0.15) is 9.78 Å². The molecule has 0 saturated heterocycles. The lowest BCUT2D eigenvalue weighted by molar-refractivity contribution is 0.102. The lowest BCUT2D eigenvalue weighted by Gasteiger charge is -2.09. The van der Waals surface area contributed by atoms with Crippen LogP contribution in [0.2, 0.25) is 0 Å². The summed E-state index contributed by atoms with van der Waals surface area (Å²) >= 11 is 3.35. The fourth-order valence-corrected chi connectivity index (χ4v) is 3.33. The maximum absolute atomic E-state index is 12.5. The molecule has 8 heteroatoms. The average molecular weight is 414 g/mol. The van der Waals surface area contributed by atoms with Crippen molar-refractivity contribution in [2.45, 2.75) is 26.2 Å². The Morgan fingerprint density at radius 3 is 2.81 bits per heavy atom. The molecule has 0 unspecified atom stereocenters. The van der Waals surface area contributed by atoms with Gasteiger partial charge in [0.05, 0.1) is 11.4 Å². The molecule has 1 aromatic carbocycles. The first-order valence-electron chi connectivity index (χ1n) is 8.27. The van der Waals surface area contributed by atoms with Crippen LogP contribution in [0.15, 0.2) is 39.6 Å². The summed E-state index contributed by atoms with van der Waals surface area (Å²) in [5.74, 6) is 0.508. The van der Waals surface area contributed by atoms with Crippen molar-refractivity contribution < 1.29 is 4.79 Å². The van der Waals surface area contributed by atoms with Crippen LogP contribution in [0.5, 0.6) is 0 Å². The van der Waals surface area contributed by atoms with Crippen LogP contribution in [0.1, 0.15) is 33.7 Å². The minimum absolute atomic E-state index is 0.138. The van der Waals surface area contributed by atoms with Gasteiger partial charge in [-0.1, -0.05) is 15.9 Å². The van der Waals surface area contributed by atoms with Gasteiger partial charge in [-0.05, 0) is 50.5 Å². The SMILES string of the molecule is Cc1cc(NC(=O)c2ccc(Br)cc2)n(-c2nc3c(c(=O)[nH]2)CCC3)n1. The highest BCUT2D eigenvalue weighted by Gasteiger charge is 2.20. The number of H-pyrrole nitrogens is 1. The number of hydrogen-bond acceptors (Lipinski definition) is 4. The van der Waals surface area contributed by atoms with Gasteiger partial charge in [0, 0.05) is 21.7 Å². The number of carbonyl (C=O) groups excluding carboxylic acids is 1. The first kappa shape index (κ1) is 16.7. The molecular weight excluding hydrogens is 398 g/mol. The van der Waals surface area contributed by atoms with Crippen molar-refractivity contribution in [3.05, 3.63) is 67.7 Å². The van der Waals surface area contributed by atoms with E-state index in [0.29, 0.717) is 23.0 Å². The standard InChI is InChI=1S/C18H16BrN5O2/c1-10-9-15(21-16(25)11-5-7-12(19)8-6-11)24(23-10)18-20-14-4-2-3-13(14)17(26)22-18/h5-9H,2-4H2,1H3,(H,21,25)(H,20,22,26). The molecule has 2 aromatic heterocycles. The number of anilines is 1. The molecule has 0 fully saturated rings. The number of nitrogens with zero attached hydrogens (tertiary/aromatic N) is 3. The van der Waals surface area contributed by atoms with Crippen LogP contribution in [-0.4, -0.2) is 25.7 Å². The molecule has 0 atom stereocenters. The second-order valence-electron chi connectivity index (χ2n) is 6.21. The summed E-state index contributed by atoms with van der Waals surface area (Å²) in [6.45, 7) is 1.82. The van der Waals surface area contributed by atoms with E-state index in [9.17, 15) is 9.59 Å². The molecule has 1 aliphatic carbocycles. The number of aryl methyl sites for hydroxylation is 2. The van der Waals surface area contributed by atoms with Crippen LogP contribution in [0.4, 0.5) is 5.82 Å². The molecule has 0 bridgehead atoms. The largest absolute Gasteiger partial charge is 0.306 e. The molecule has 2 heterocycles. The van der Waals surface area contributed by atoms with Crippen molar-refractivity contribution in [2.75, 3.05) is 5.32 Å². The van der Waals surface area contributed by atoms with Crippen molar-refractivity contribution in [2.24, 2.45) is 0 Å². The summed E-state index contributed by atoms with van der Waals surface area (Å²) < 4.78 is 2.36. The van der Waals surface area contributed by atoms with Crippen LogP contribution in [0, 0.1) is 6.92 Å². The van der Waals surface area contributed by atoms with E-state index in [2.05, 4.69) is 36.3 Å². The summed E-state index contributed by atoms with van der Waals surface area (Å²) in [6, 6.07) is 8.79. The van der Waals surface area contributed by atoms with Crippen molar-refractivity contribution >= 4 is 27.7 Å². The molecule has 0 aliphatic heterocycles. The molecular formula is C18H16BrN5O2. The number of hydrogen-bond donors (Lipinski definition) is 2. The molecule has 0 saturated carbocycles. The first-order valence-corrected chi connectivity index (χ1v) is 9.06. The molecule has 132 valence electrons. The summed E-state index contributed by atoms with van der Waals surface area (Å²) in [7, 11) is 0. The highest BCUT2D eigenvalue weighted by molar-refractivity contribution is 9.10. The van der Waals surface area contributed by atoms with E-state index in [-0.39, 0.29) is 11.5 Å². The smallest absolute Gasteiger partial charge is 0.256 e. The third kappa shape index (κ3) is 3.08. The zero-order valence-corrected chi connectivity index (χ0v) is 15.6. The average Bonchev–Trinajstić information content (AvgIpc) is 3.22. The maximum Gasteiger partial charge on any atom is 0.256 e. The lowest BCUT2D eigenvalue weighted by atomic mass is 10.2. The molecule has 7 nitrogen and oxygen atoms in total. The Bertz CT molecular complexity index is 1050. The van der Waals surface area contributed by atoms with Crippen molar-refractivity contribution in [1.82, 2.24) is 19.7 Å². The van der Waals surface area contributed by atoms with Gasteiger partial charge in [0.1, 0.15) is 5.82 Å². The fraction of sp³-hybridized carbons (Fsp3) is 0.222. The predicted octanol–water partition coefficient (Wildman–Crippen LogP) is 2.77. The Kier molecular flexibility index (Phi) is 4.20.